The van der Waals surface area contributed by atoms with Crippen LogP contribution >= 0.6 is 11.3 Å². The largest absolute Gasteiger partial charge is 0.482 e. The van der Waals surface area contributed by atoms with Crippen molar-refractivity contribution < 1.29 is 14.3 Å². The molecule has 0 saturated carbocycles. The number of carbonyl (C=O) groups is 2. The number of anilines is 2. The molecule has 3 heterocycles. The van der Waals surface area contributed by atoms with Crippen LogP contribution in [-0.4, -0.2) is 35.0 Å². The van der Waals surface area contributed by atoms with Crippen molar-refractivity contribution in [2.45, 2.75) is 53.0 Å². The number of aromatic nitrogens is 2. The smallest absolute Gasteiger partial charge is 0.264 e. The van der Waals surface area contributed by atoms with E-state index in [-0.39, 0.29) is 42.4 Å². The summed E-state index contributed by atoms with van der Waals surface area (Å²) in [6, 6.07) is 5.19. The Hall–Kier alpha value is -3.20. The maximum atomic E-state index is 13.3. The average molecular weight is 495 g/mol. The summed E-state index contributed by atoms with van der Waals surface area (Å²) in [5.74, 6) is 0.835. The molecule has 2 amide bonds. The molecule has 1 unspecified atom stereocenters. The molecule has 0 fully saturated rings. The van der Waals surface area contributed by atoms with Gasteiger partial charge in [0.25, 0.3) is 11.5 Å². The van der Waals surface area contributed by atoms with Gasteiger partial charge >= 0.3 is 0 Å². The Labute approximate surface area is 207 Å². The molecule has 9 heteroatoms. The number of benzene rings is 1. The monoisotopic (exact) mass is 494 g/mol. The highest BCUT2D eigenvalue weighted by atomic mass is 32.1. The first-order valence-corrected chi connectivity index (χ1v) is 12.8. The van der Waals surface area contributed by atoms with Gasteiger partial charge in [0.2, 0.25) is 5.91 Å². The Balaban J connectivity index is 1.29. The van der Waals surface area contributed by atoms with E-state index in [0.29, 0.717) is 23.0 Å². The molecule has 0 spiro atoms. The molecule has 1 aromatic carbocycles. The minimum atomic E-state index is -0.219. The molecule has 2 aromatic heterocycles. The summed E-state index contributed by atoms with van der Waals surface area (Å²) < 4.78 is 6.97. The molecule has 5 rings (SSSR count). The van der Waals surface area contributed by atoms with Gasteiger partial charge in [0.1, 0.15) is 10.6 Å². The summed E-state index contributed by atoms with van der Waals surface area (Å²) in [6.45, 7) is 7.09. The van der Waals surface area contributed by atoms with Gasteiger partial charge in [-0.25, -0.2) is 4.98 Å². The van der Waals surface area contributed by atoms with E-state index in [1.54, 1.807) is 42.9 Å². The molecule has 1 aliphatic heterocycles. The molecule has 3 aromatic rings. The number of rotatable bonds is 4. The third kappa shape index (κ3) is 4.45. The van der Waals surface area contributed by atoms with Crippen LogP contribution < -0.4 is 20.5 Å². The van der Waals surface area contributed by atoms with Crippen molar-refractivity contribution in [1.29, 1.82) is 0 Å². The highest BCUT2D eigenvalue weighted by Gasteiger charge is 2.31. The Bertz CT molecular complexity index is 1380. The first-order chi connectivity index (χ1) is 16.6. The van der Waals surface area contributed by atoms with Crippen LogP contribution in [0.5, 0.6) is 5.75 Å². The number of ether oxygens (including phenoxy) is 1. The van der Waals surface area contributed by atoms with Crippen LogP contribution in [0.25, 0.3) is 10.2 Å². The fourth-order valence-electron chi connectivity index (χ4n) is 4.90. The zero-order chi connectivity index (χ0) is 24.9. The van der Waals surface area contributed by atoms with E-state index in [9.17, 15) is 14.4 Å². The second-order valence-corrected chi connectivity index (χ2v) is 11.5. The lowest BCUT2D eigenvalue weighted by Crippen LogP contribution is -2.35. The summed E-state index contributed by atoms with van der Waals surface area (Å²) in [5.41, 5.74) is 2.50. The zero-order valence-electron chi connectivity index (χ0n) is 20.5. The van der Waals surface area contributed by atoms with Gasteiger partial charge in [-0.2, -0.15) is 0 Å². The molecule has 0 saturated heterocycles. The van der Waals surface area contributed by atoms with E-state index < -0.39 is 0 Å². The minimum Gasteiger partial charge on any atom is -0.482 e. The number of amides is 2. The van der Waals surface area contributed by atoms with Crippen LogP contribution in [0.15, 0.2) is 29.3 Å². The van der Waals surface area contributed by atoms with Crippen LogP contribution in [0.4, 0.5) is 11.4 Å². The number of fused-ring (bicyclic) bond motifs is 4. The van der Waals surface area contributed by atoms with Crippen molar-refractivity contribution in [1.82, 2.24) is 9.55 Å². The molecule has 1 aliphatic carbocycles. The fourth-order valence-corrected chi connectivity index (χ4v) is 6.15. The van der Waals surface area contributed by atoms with Crippen LogP contribution in [0.3, 0.4) is 0 Å². The van der Waals surface area contributed by atoms with Gasteiger partial charge in [0, 0.05) is 30.6 Å². The molecule has 0 bridgehead atoms. The summed E-state index contributed by atoms with van der Waals surface area (Å²) >= 11 is 1.64. The second kappa shape index (κ2) is 8.78. The standard InChI is InChI=1S/C26H30N4O4S/c1-26(2,3)15-5-7-17-20(11-15)35-24-23(17)25(33)30(14-27-24)10-9-21(31)28-16-6-8-19-18(12-16)29(4)22(32)13-34-19/h6,8,12,14-15H,5,7,9-11,13H2,1-4H3,(H,28,31). The van der Waals surface area contributed by atoms with Crippen molar-refractivity contribution in [3.63, 3.8) is 0 Å². The van der Waals surface area contributed by atoms with Crippen molar-refractivity contribution >= 4 is 44.7 Å². The van der Waals surface area contributed by atoms with E-state index in [1.165, 1.54) is 14.3 Å². The number of hydrogen-bond donors (Lipinski definition) is 1. The van der Waals surface area contributed by atoms with Crippen molar-refractivity contribution in [3.8, 4) is 5.75 Å². The van der Waals surface area contributed by atoms with Gasteiger partial charge in [-0.05, 0) is 54.4 Å². The quantitative estimate of drug-likeness (QED) is 0.592. The number of thiophene rings is 1. The van der Waals surface area contributed by atoms with Crippen LogP contribution in [-0.2, 0) is 29.0 Å². The molecule has 35 heavy (non-hydrogen) atoms. The fraction of sp³-hybridized carbons (Fsp3) is 0.462. The van der Waals surface area contributed by atoms with Gasteiger partial charge in [-0.1, -0.05) is 20.8 Å². The first-order valence-electron chi connectivity index (χ1n) is 11.9. The Kier molecular flexibility index (Phi) is 5.91. The minimum absolute atomic E-state index is 0.00679. The van der Waals surface area contributed by atoms with E-state index in [2.05, 4.69) is 31.1 Å². The number of hydrogen-bond acceptors (Lipinski definition) is 6. The SMILES string of the molecule is CN1C(=O)COc2ccc(NC(=O)CCn3cnc4sc5c(c4c3=O)CCC(C(C)(C)C)C5)cc21. The number of aryl methyl sites for hydroxylation is 2. The molecule has 2 aliphatic rings. The molecular formula is C26H30N4O4S. The van der Waals surface area contributed by atoms with Gasteiger partial charge in [-0.3, -0.25) is 19.0 Å². The van der Waals surface area contributed by atoms with E-state index >= 15 is 0 Å². The van der Waals surface area contributed by atoms with E-state index in [1.807, 2.05) is 0 Å². The molecule has 1 atom stereocenters. The topological polar surface area (TPSA) is 93.5 Å². The number of nitrogens with zero attached hydrogens (tertiary/aromatic N) is 3. The zero-order valence-corrected chi connectivity index (χ0v) is 21.3. The normalized spacial score (nSPS) is 17.7. The molecule has 8 nitrogen and oxygen atoms in total. The lowest BCUT2D eigenvalue weighted by atomic mass is 9.72. The third-order valence-corrected chi connectivity index (χ3v) is 8.33. The third-order valence-electron chi connectivity index (χ3n) is 7.17. The van der Waals surface area contributed by atoms with Gasteiger partial charge in [0.05, 0.1) is 17.4 Å². The Morgan fingerprint density at radius 1 is 1.29 bits per heavy atom. The van der Waals surface area contributed by atoms with Gasteiger partial charge in [-0.15, -0.1) is 11.3 Å². The van der Waals surface area contributed by atoms with Gasteiger partial charge < -0.3 is 15.0 Å². The van der Waals surface area contributed by atoms with Crippen LogP contribution in [0.2, 0.25) is 0 Å². The van der Waals surface area contributed by atoms with Crippen molar-refractivity contribution in [2.75, 3.05) is 23.9 Å². The average Bonchev–Trinajstić information content (AvgIpc) is 3.19. The van der Waals surface area contributed by atoms with Crippen LogP contribution in [0, 0.1) is 11.3 Å². The maximum absolute atomic E-state index is 13.3. The number of likely N-dealkylation sites (N-methyl/N-ethyl adjacent to an activating group) is 1. The van der Waals surface area contributed by atoms with E-state index in [0.717, 1.165) is 35.0 Å². The second-order valence-electron chi connectivity index (χ2n) is 10.5. The summed E-state index contributed by atoms with van der Waals surface area (Å²) in [5, 5.41) is 3.58. The maximum Gasteiger partial charge on any atom is 0.264 e. The molecule has 0 radical (unpaired) electrons. The molecule has 184 valence electrons. The Morgan fingerprint density at radius 2 is 2.09 bits per heavy atom. The summed E-state index contributed by atoms with van der Waals surface area (Å²) in [4.78, 5) is 45.9. The first kappa shape index (κ1) is 23.5. The summed E-state index contributed by atoms with van der Waals surface area (Å²) in [6.07, 6.45) is 4.66. The number of carbonyl (C=O) groups excluding carboxylic acids is 2. The predicted molar refractivity (Wildman–Crippen MR) is 137 cm³/mol. The van der Waals surface area contributed by atoms with Crippen LogP contribution in [0.1, 0.15) is 44.1 Å². The van der Waals surface area contributed by atoms with Gasteiger partial charge in [0.15, 0.2) is 6.61 Å². The highest BCUT2D eigenvalue weighted by Crippen LogP contribution is 2.42. The molecular weight excluding hydrogens is 464 g/mol. The number of nitrogens with one attached hydrogen (secondary N) is 1. The van der Waals surface area contributed by atoms with Crippen molar-refractivity contribution in [3.05, 3.63) is 45.3 Å². The lowest BCUT2D eigenvalue weighted by Gasteiger charge is -2.33. The summed E-state index contributed by atoms with van der Waals surface area (Å²) in [7, 11) is 1.68. The molecule has 1 N–H and O–H groups in total. The van der Waals surface area contributed by atoms with Crippen molar-refractivity contribution in [2.24, 2.45) is 11.3 Å². The predicted octanol–water partition coefficient (Wildman–Crippen LogP) is 3.99. The Morgan fingerprint density at radius 3 is 2.86 bits per heavy atom. The highest BCUT2D eigenvalue weighted by molar-refractivity contribution is 7.18. The lowest BCUT2D eigenvalue weighted by molar-refractivity contribution is -0.121. The van der Waals surface area contributed by atoms with E-state index in [4.69, 9.17) is 4.74 Å².